The smallest absolute Gasteiger partial charge is 0.120 e. The zero-order valence-electron chi connectivity index (χ0n) is 11.3. The molecule has 1 aliphatic heterocycles. The summed E-state index contributed by atoms with van der Waals surface area (Å²) in [7, 11) is 0. The lowest BCUT2D eigenvalue weighted by atomic mass is 10.00. The van der Waals surface area contributed by atoms with Crippen molar-refractivity contribution in [3.8, 4) is 5.75 Å². The van der Waals surface area contributed by atoms with Crippen molar-refractivity contribution in [1.82, 2.24) is 10.3 Å². The van der Waals surface area contributed by atoms with Crippen molar-refractivity contribution >= 4 is 16.5 Å². The molecule has 2 heterocycles. The van der Waals surface area contributed by atoms with E-state index in [9.17, 15) is 0 Å². The van der Waals surface area contributed by atoms with Gasteiger partial charge < -0.3 is 15.0 Å². The summed E-state index contributed by atoms with van der Waals surface area (Å²) >= 11 is 0. The van der Waals surface area contributed by atoms with Crippen LogP contribution in [-0.2, 0) is 0 Å². The van der Waals surface area contributed by atoms with E-state index < -0.39 is 0 Å². The van der Waals surface area contributed by atoms with Crippen molar-refractivity contribution in [1.29, 1.82) is 0 Å². The zero-order valence-corrected chi connectivity index (χ0v) is 11.3. The van der Waals surface area contributed by atoms with Gasteiger partial charge in [-0.05, 0) is 43.2 Å². The zero-order chi connectivity index (χ0) is 13.1. The maximum Gasteiger partial charge on any atom is 0.120 e. The second-order valence-corrected chi connectivity index (χ2v) is 4.94. The van der Waals surface area contributed by atoms with Gasteiger partial charge in [0.15, 0.2) is 0 Å². The van der Waals surface area contributed by atoms with Gasteiger partial charge in [-0.1, -0.05) is 13.0 Å². The SMILES string of the molecule is CCCOc1ccc2[nH]cc(C3=CCNCC3)c2c1. The molecule has 0 fully saturated rings. The summed E-state index contributed by atoms with van der Waals surface area (Å²) in [5, 5.41) is 4.62. The van der Waals surface area contributed by atoms with Gasteiger partial charge in [0.05, 0.1) is 6.61 Å². The average Bonchev–Trinajstić information content (AvgIpc) is 2.89. The highest BCUT2D eigenvalue weighted by Gasteiger charge is 2.11. The number of fused-ring (bicyclic) bond motifs is 1. The molecule has 0 aliphatic carbocycles. The number of H-pyrrole nitrogens is 1. The van der Waals surface area contributed by atoms with Crippen LogP contribution in [0.3, 0.4) is 0 Å². The minimum Gasteiger partial charge on any atom is -0.494 e. The van der Waals surface area contributed by atoms with Crippen LogP contribution in [0.15, 0.2) is 30.5 Å². The van der Waals surface area contributed by atoms with Gasteiger partial charge in [-0.2, -0.15) is 0 Å². The van der Waals surface area contributed by atoms with Crippen LogP contribution in [0.2, 0.25) is 0 Å². The van der Waals surface area contributed by atoms with Crippen LogP contribution in [0.4, 0.5) is 0 Å². The molecule has 1 aromatic carbocycles. The summed E-state index contributed by atoms with van der Waals surface area (Å²) in [6.07, 6.45) is 6.53. The van der Waals surface area contributed by atoms with E-state index in [1.54, 1.807) is 0 Å². The third kappa shape index (κ3) is 2.51. The summed E-state index contributed by atoms with van der Waals surface area (Å²) < 4.78 is 5.73. The number of ether oxygens (including phenoxy) is 1. The summed E-state index contributed by atoms with van der Waals surface area (Å²) in [5.41, 5.74) is 3.93. The van der Waals surface area contributed by atoms with Gasteiger partial charge in [0, 0.05) is 29.2 Å². The lowest BCUT2D eigenvalue weighted by molar-refractivity contribution is 0.318. The molecule has 3 heteroatoms. The molecular weight excluding hydrogens is 236 g/mol. The first-order valence-electron chi connectivity index (χ1n) is 7.02. The Bertz CT molecular complexity index is 598. The largest absolute Gasteiger partial charge is 0.494 e. The monoisotopic (exact) mass is 256 g/mol. The Morgan fingerprint density at radius 3 is 3.05 bits per heavy atom. The second-order valence-electron chi connectivity index (χ2n) is 4.94. The molecule has 0 spiro atoms. The quantitative estimate of drug-likeness (QED) is 0.880. The van der Waals surface area contributed by atoms with E-state index in [1.165, 1.54) is 22.0 Å². The molecule has 100 valence electrons. The van der Waals surface area contributed by atoms with E-state index in [2.05, 4.69) is 41.6 Å². The number of hydrogen-bond acceptors (Lipinski definition) is 2. The number of hydrogen-bond donors (Lipinski definition) is 2. The fourth-order valence-corrected chi connectivity index (χ4v) is 2.54. The van der Waals surface area contributed by atoms with Crippen molar-refractivity contribution in [2.24, 2.45) is 0 Å². The van der Waals surface area contributed by atoms with Crippen LogP contribution in [0, 0.1) is 0 Å². The van der Waals surface area contributed by atoms with Gasteiger partial charge in [-0.3, -0.25) is 0 Å². The Morgan fingerprint density at radius 2 is 2.26 bits per heavy atom. The lowest BCUT2D eigenvalue weighted by Gasteiger charge is -2.13. The maximum atomic E-state index is 5.73. The van der Waals surface area contributed by atoms with Crippen LogP contribution in [0.1, 0.15) is 25.3 Å². The highest BCUT2D eigenvalue weighted by molar-refractivity contribution is 5.93. The molecule has 0 radical (unpaired) electrons. The Kier molecular flexibility index (Phi) is 3.56. The number of aromatic amines is 1. The normalized spacial score (nSPS) is 15.5. The van der Waals surface area contributed by atoms with Crippen LogP contribution in [0.25, 0.3) is 16.5 Å². The van der Waals surface area contributed by atoms with Crippen LogP contribution < -0.4 is 10.1 Å². The first-order chi connectivity index (χ1) is 9.38. The fourth-order valence-electron chi connectivity index (χ4n) is 2.54. The molecule has 2 N–H and O–H groups in total. The molecule has 0 unspecified atom stereocenters. The molecule has 19 heavy (non-hydrogen) atoms. The second kappa shape index (κ2) is 5.49. The van der Waals surface area contributed by atoms with Gasteiger partial charge in [0.1, 0.15) is 5.75 Å². The first-order valence-corrected chi connectivity index (χ1v) is 7.02. The van der Waals surface area contributed by atoms with Crippen molar-refractivity contribution in [3.05, 3.63) is 36.0 Å². The summed E-state index contributed by atoms with van der Waals surface area (Å²) in [4.78, 5) is 3.35. The van der Waals surface area contributed by atoms with Crippen molar-refractivity contribution in [2.75, 3.05) is 19.7 Å². The lowest BCUT2D eigenvalue weighted by Crippen LogP contribution is -2.19. The minimum atomic E-state index is 0.776. The molecule has 2 aromatic rings. The van der Waals surface area contributed by atoms with E-state index in [0.717, 1.165) is 38.3 Å². The molecule has 0 saturated carbocycles. The third-order valence-electron chi connectivity index (χ3n) is 3.54. The van der Waals surface area contributed by atoms with E-state index >= 15 is 0 Å². The highest BCUT2D eigenvalue weighted by atomic mass is 16.5. The molecule has 0 saturated heterocycles. The van der Waals surface area contributed by atoms with Gasteiger partial charge in [-0.15, -0.1) is 0 Å². The maximum absolute atomic E-state index is 5.73. The standard InChI is InChI=1S/C16H20N2O/c1-2-9-19-13-3-4-16-14(10-13)15(11-18-16)12-5-7-17-8-6-12/h3-5,10-11,17-18H,2,6-9H2,1H3. The predicted octanol–water partition coefficient (Wildman–Crippen LogP) is 3.33. The number of benzene rings is 1. The van der Waals surface area contributed by atoms with Gasteiger partial charge in [0.2, 0.25) is 0 Å². The van der Waals surface area contributed by atoms with Crippen molar-refractivity contribution in [2.45, 2.75) is 19.8 Å². The van der Waals surface area contributed by atoms with Crippen molar-refractivity contribution in [3.63, 3.8) is 0 Å². The van der Waals surface area contributed by atoms with Crippen LogP contribution >= 0.6 is 0 Å². The Hall–Kier alpha value is -1.74. The summed E-state index contributed by atoms with van der Waals surface area (Å²) in [6, 6.07) is 6.29. The number of aromatic nitrogens is 1. The topological polar surface area (TPSA) is 37.0 Å². The first kappa shape index (κ1) is 12.3. The minimum absolute atomic E-state index is 0.776. The third-order valence-corrected chi connectivity index (χ3v) is 3.54. The van der Waals surface area contributed by atoms with E-state index in [1.807, 2.05) is 6.07 Å². The fraction of sp³-hybridized carbons (Fsp3) is 0.375. The van der Waals surface area contributed by atoms with Crippen LogP contribution in [0.5, 0.6) is 5.75 Å². The predicted molar refractivity (Wildman–Crippen MR) is 79.5 cm³/mol. The molecule has 3 nitrogen and oxygen atoms in total. The van der Waals surface area contributed by atoms with Gasteiger partial charge >= 0.3 is 0 Å². The van der Waals surface area contributed by atoms with Gasteiger partial charge in [0.25, 0.3) is 0 Å². The Labute approximate surface area is 113 Å². The van der Waals surface area contributed by atoms with E-state index in [4.69, 9.17) is 4.74 Å². The summed E-state index contributed by atoms with van der Waals surface area (Å²) in [5.74, 6) is 0.963. The Morgan fingerprint density at radius 1 is 1.32 bits per heavy atom. The van der Waals surface area contributed by atoms with Crippen LogP contribution in [-0.4, -0.2) is 24.7 Å². The average molecular weight is 256 g/mol. The summed E-state index contributed by atoms with van der Waals surface area (Å²) in [6.45, 7) is 4.93. The van der Waals surface area contributed by atoms with Crippen molar-refractivity contribution < 1.29 is 4.74 Å². The number of rotatable bonds is 4. The molecule has 3 rings (SSSR count). The molecule has 0 atom stereocenters. The van der Waals surface area contributed by atoms with Gasteiger partial charge in [-0.25, -0.2) is 0 Å². The molecule has 0 bridgehead atoms. The van der Waals surface area contributed by atoms with E-state index in [0.29, 0.717) is 0 Å². The van der Waals surface area contributed by atoms with E-state index in [-0.39, 0.29) is 0 Å². The molecule has 1 aliphatic rings. The molecule has 0 amide bonds. The molecule has 1 aromatic heterocycles. The highest BCUT2D eigenvalue weighted by Crippen LogP contribution is 2.30. The Balaban J connectivity index is 1.97. The molecular formula is C16H20N2O. The number of nitrogens with one attached hydrogen (secondary N) is 2.